The van der Waals surface area contributed by atoms with E-state index in [4.69, 9.17) is 4.74 Å². The topological polar surface area (TPSA) is 54.8 Å². The lowest BCUT2D eigenvalue weighted by atomic mass is 10.1. The molecule has 0 unspecified atom stereocenters. The van der Waals surface area contributed by atoms with Crippen molar-refractivity contribution in [2.45, 2.75) is 6.42 Å². The van der Waals surface area contributed by atoms with Crippen LogP contribution in [0.3, 0.4) is 0 Å². The minimum atomic E-state index is -0.131. The monoisotopic (exact) mass is 281 g/mol. The minimum Gasteiger partial charge on any atom is -0.496 e. The van der Waals surface area contributed by atoms with E-state index in [0.717, 1.165) is 17.0 Å². The number of hydrogen-bond acceptors (Lipinski definition) is 4. The number of rotatable bonds is 3. The van der Waals surface area contributed by atoms with Gasteiger partial charge in [-0.3, -0.25) is 9.78 Å². The van der Waals surface area contributed by atoms with Crippen molar-refractivity contribution < 1.29 is 9.53 Å². The molecule has 2 heterocycles. The van der Waals surface area contributed by atoms with Gasteiger partial charge in [0.1, 0.15) is 5.75 Å². The van der Waals surface area contributed by atoms with E-state index in [1.165, 1.54) is 5.01 Å². The number of para-hydroxylation sites is 1. The fourth-order valence-electron chi connectivity index (χ4n) is 2.31. The van der Waals surface area contributed by atoms with Crippen LogP contribution in [0.25, 0.3) is 0 Å². The summed E-state index contributed by atoms with van der Waals surface area (Å²) in [6.07, 6.45) is 3.91. The average molecular weight is 281 g/mol. The summed E-state index contributed by atoms with van der Waals surface area (Å²) >= 11 is 0. The molecule has 1 aromatic heterocycles. The molecule has 5 nitrogen and oxygen atoms in total. The lowest BCUT2D eigenvalue weighted by Gasteiger charge is -2.10. The molecule has 0 atom stereocenters. The first-order valence-electron chi connectivity index (χ1n) is 6.72. The molecule has 0 radical (unpaired) electrons. The predicted molar refractivity (Wildman–Crippen MR) is 79.4 cm³/mol. The van der Waals surface area contributed by atoms with Gasteiger partial charge in [-0.1, -0.05) is 12.1 Å². The van der Waals surface area contributed by atoms with E-state index < -0.39 is 0 Å². The number of hydrogen-bond donors (Lipinski definition) is 0. The number of amides is 1. The van der Waals surface area contributed by atoms with E-state index >= 15 is 0 Å². The van der Waals surface area contributed by atoms with Gasteiger partial charge in [-0.2, -0.15) is 5.10 Å². The van der Waals surface area contributed by atoms with Crippen molar-refractivity contribution in [2.75, 3.05) is 13.7 Å². The SMILES string of the molecule is COc1ccccc1C1=NN(C(=O)c2cccnc2)CC1. The van der Waals surface area contributed by atoms with Crippen molar-refractivity contribution in [2.24, 2.45) is 5.10 Å². The van der Waals surface area contributed by atoms with Gasteiger partial charge >= 0.3 is 0 Å². The number of aromatic nitrogens is 1. The largest absolute Gasteiger partial charge is 0.496 e. The van der Waals surface area contributed by atoms with Gasteiger partial charge < -0.3 is 4.74 Å². The maximum absolute atomic E-state index is 12.3. The van der Waals surface area contributed by atoms with E-state index in [0.29, 0.717) is 18.5 Å². The Morgan fingerprint density at radius 3 is 2.86 bits per heavy atom. The van der Waals surface area contributed by atoms with E-state index in [1.54, 1.807) is 31.6 Å². The summed E-state index contributed by atoms with van der Waals surface area (Å²) in [5.74, 6) is 0.639. The fourth-order valence-corrected chi connectivity index (χ4v) is 2.31. The van der Waals surface area contributed by atoms with Crippen molar-refractivity contribution in [1.29, 1.82) is 0 Å². The Kier molecular flexibility index (Phi) is 3.64. The molecule has 106 valence electrons. The summed E-state index contributed by atoms with van der Waals surface area (Å²) < 4.78 is 5.34. The smallest absolute Gasteiger partial charge is 0.275 e. The molecule has 1 aliphatic heterocycles. The molecule has 0 fully saturated rings. The van der Waals surface area contributed by atoms with Crippen LogP contribution in [0.1, 0.15) is 22.3 Å². The van der Waals surface area contributed by atoms with Gasteiger partial charge in [0.05, 0.1) is 24.9 Å². The fraction of sp³-hybridized carbons (Fsp3) is 0.188. The first-order chi connectivity index (χ1) is 10.3. The van der Waals surface area contributed by atoms with Crippen LogP contribution in [0.4, 0.5) is 0 Å². The number of methoxy groups -OCH3 is 1. The number of benzene rings is 1. The Morgan fingerprint density at radius 2 is 2.10 bits per heavy atom. The summed E-state index contributed by atoms with van der Waals surface area (Å²) in [6, 6.07) is 11.2. The van der Waals surface area contributed by atoms with Crippen molar-refractivity contribution in [3.63, 3.8) is 0 Å². The molecule has 0 spiro atoms. The summed E-state index contributed by atoms with van der Waals surface area (Å²) in [5.41, 5.74) is 2.34. The zero-order chi connectivity index (χ0) is 14.7. The molecule has 1 aromatic carbocycles. The number of carbonyl (C=O) groups excluding carboxylic acids is 1. The first-order valence-corrected chi connectivity index (χ1v) is 6.72. The molecular formula is C16H15N3O2. The Bertz CT molecular complexity index is 683. The quantitative estimate of drug-likeness (QED) is 0.867. The van der Waals surface area contributed by atoms with E-state index in [1.807, 2.05) is 24.3 Å². The molecule has 1 amide bonds. The number of nitrogens with zero attached hydrogens (tertiary/aromatic N) is 3. The predicted octanol–water partition coefficient (Wildman–Crippen LogP) is 2.34. The molecular weight excluding hydrogens is 266 g/mol. The summed E-state index contributed by atoms with van der Waals surface area (Å²) in [7, 11) is 1.63. The van der Waals surface area contributed by atoms with Gasteiger partial charge in [0.15, 0.2) is 0 Å². The van der Waals surface area contributed by atoms with Gasteiger partial charge in [-0.15, -0.1) is 0 Å². The van der Waals surface area contributed by atoms with Gasteiger partial charge in [-0.05, 0) is 24.3 Å². The van der Waals surface area contributed by atoms with Crippen molar-refractivity contribution in [1.82, 2.24) is 9.99 Å². The average Bonchev–Trinajstić information content (AvgIpc) is 3.04. The highest BCUT2D eigenvalue weighted by Gasteiger charge is 2.24. The molecule has 0 saturated carbocycles. The van der Waals surface area contributed by atoms with E-state index in [9.17, 15) is 4.79 Å². The summed E-state index contributed by atoms with van der Waals surface area (Å²) in [6.45, 7) is 0.571. The summed E-state index contributed by atoms with van der Waals surface area (Å²) in [4.78, 5) is 16.3. The van der Waals surface area contributed by atoms with Crippen LogP contribution in [0.5, 0.6) is 5.75 Å². The van der Waals surface area contributed by atoms with Gasteiger partial charge in [0.2, 0.25) is 0 Å². The highest BCUT2D eigenvalue weighted by molar-refractivity contribution is 6.06. The molecule has 0 aliphatic carbocycles. The number of pyridine rings is 1. The third-order valence-electron chi connectivity index (χ3n) is 3.36. The number of carbonyl (C=O) groups is 1. The number of ether oxygens (including phenoxy) is 1. The zero-order valence-electron chi connectivity index (χ0n) is 11.7. The van der Waals surface area contributed by atoms with Crippen molar-refractivity contribution >= 4 is 11.6 Å². The zero-order valence-corrected chi connectivity index (χ0v) is 11.7. The standard InChI is InChI=1S/C16H15N3O2/c1-21-15-7-3-2-6-13(15)14-8-10-19(18-14)16(20)12-5-4-9-17-11-12/h2-7,9,11H,8,10H2,1H3. The van der Waals surface area contributed by atoms with Crippen LogP contribution >= 0.6 is 0 Å². The van der Waals surface area contributed by atoms with Crippen LogP contribution in [0.15, 0.2) is 53.9 Å². The van der Waals surface area contributed by atoms with Gasteiger partial charge in [-0.25, -0.2) is 5.01 Å². The first kappa shape index (κ1) is 13.3. The molecule has 5 heteroatoms. The third kappa shape index (κ3) is 2.63. The lowest BCUT2D eigenvalue weighted by Crippen LogP contribution is -2.23. The Labute approximate surface area is 122 Å². The van der Waals surface area contributed by atoms with Gasteiger partial charge in [0, 0.05) is 24.4 Å². The van der Waals surface area contributed by atoms with Gasteiger partial charge in [0.25, 0.3) is 5.91 Å². The van der Waals surface area contributed by atoms with E-state index in [-0.39, 0.29) is 5.91 Å². The van der Waals surface area contributed by atoms with E-state index in [2.05, 4.69) is 10.1 Å². The Morgan fingerprint density at radius 1 is 1.24 bits per heavy atom. The molecule has 0 saturated heterocycles. The summed E-state index contributed by atoms with van der Waals surface area (Å²) in [5, 5.41) is 5.92. The Balaban J connectivity index is 1.86. The maximum Gasteiger partial charge on any atom is 0.275 e. The van der Waals surface area contributed by atoms with Crippen molar-refractivity contribution in [3.8, 4) is 5.75 Å². The third-order valence-corrected chi connectivity index (χ3v) is 3.36. The molecule has 0 bridgehead atoms. The highest BCUT2D eigenvalue weighted by Crippen LogP contribution is 2.23. The van der Waals surface area contributed by atoms with Crippen LogP contribution in [0.2, 0.25) is 0 Å². The molecule has 2 aromatic rings. The molecule has 1 aliphatic rings. The minimum absolute atomic E-state index is 0.131. The maximum atomic E-state index is 12.3. The van der Waals surface area contributed by atoms with Crippen LogP contribution in [-0.2, 0) is 0 Å². The van der Waals surface area contributed by atoms with Crippen LogP contribution in [-0.4, -0.2) is 35.3 Å². The molecule has 21 heavy (non-hydrogen) atoms. The highest BCUT2D eigenvalue weighted by atomic mass is 16.5. The van der Waals surface area contributed by atoms with Crippen LogP contribution in [0, 0.1) is 0 Å². The lowest BCUT2D eigenvalue weighted by molar-refractivity contribution is 0.0778. The second-order valence-electron chi connectivity index (χ2n) is 4.67. The number of hydrazone groups is 1. The Hall–Kier alpha value is -2.69. The molecule has 3 rings (SSSR count). The normalized spacial score (nSPS) is 14.0. The second-order valence-corrected chi connectivity index (χ2v) is 4.67. The van der Waals surface area contributed by atoms with Crippen molar-refractivity contribution in [3.05, 3.63) is 59.9 Å². The molecule has 0 N–H and O–H groups in total. The van der Waals surface area contributed by atoms with Crippen LogP contribution < -0.4 is 4.74 Å². The second kappa shape index (κ2) is 5.75.